The maximum atomic E-state index is 9.94. The molecule has 0 saturated carbocycles. The van der Waals surface area contributed by atoms with Crippen LogP contribution in [0, 0.1) is 11.3 Å². The Morgan fingerprint density at radius 3 is 2.54 bits per heavy atom. The van der Waals surface area contributed by atoms with Crippen molar-refractivity contribution in [3.05, 3.63) is 42.4 Å². The van der Waals surface area contributed by atoms with Gasteiger partial charge in [-0.25, -0.2) is 4.98 Å². The molecule has 24 heavy (non-hydrogen) atoms. The lowest BCUT2D eigenvalue weighted by Gasteiger charge is -2.34. The van der Waals surface area contributed by atoms with Crippen molar-refractivity contribution in [2.24, 2.45) is 0 Å². The van der Waals surface area contributed by atoms with E-state index in [2.05, 4.69) is 9.97 Å². The quantitative estimate of drug-likeness (QED) is 0.738. The molecule has 0 unspecified atom stereocenters. The Bertz CT molecular complexity index is 732. The minimum Gasteiger partial charge on any atom is -0.475 e. The molecule has 1 fully saturated rings. The van der Waals surface area contributed by atoms with Crippen molar-refractivity contribution in [2.45, 2.75) is 23.7 Å². The summed E-state index contributed by atoms with van der Waals surface area (Å²) in [4.78, 5) is 8.27. The minimum absolute atomic E-state index is 0.283. The molecule has 3 heterocycles. The average Bonchev–Trinajstić information content (AvgIpc) is 2.63. The van der Waals surface area contributed by atoms with Crippen LogP contribution in [-0.4, -0.2) is 54.8 Å². The van der Waals surface area contributed by atoms with E-state index in [9.17, 15) is 15.3 Å². The largest absolute Gasteiger partial charge is 0.475 e. The molecule has 0 aliphatic carbocycles. The summed E-state index contributed by atoms with van der Waals surface area (Å²) in [7, 11) is 0. The van der Waals surface area contributed by atoms with Crippen molar-refractivity contribution in [3.8, 4) is 23.1 Å². The van der Waals surface area contributed by atoms with Gasteiger partial charge in [0.1, 0.15) is 29.7 Å². The Morgan fingerprint density at radius 1 is 1.08 bits per heavy atom. The number of thioether (sulfide) groups is 1. The van der Waals surface area contributed by atoms with Crippen LogP contribution in [0.2, 0.25) is 0 Å². The normalized spacial score (nSPS) is 26.6. The topological polar surface area (TPSA) is 119 Å². The summed E-state index contributed by atoms with van der Waals surface area (Å²) in [5.41, 5.74) is 1.10. The van der Waals surface area contributed by atoms with Crippen LogP contribution in [-0.2, 0) is 0 Å². The molecule has 7 nitrogen and oxygen atoms in total. The fourth-order valence-corrected chi connectivity index (χ4v) is 3.37. The first-order chi connectivity index (χ1) is 11.6. The van der Waals surface area contributed by atoms with Crippen LogP contribution >= 0.6 is 11.8 Å². The molecule has 4 atom stereocenters. The number of aromatic nitrogens is 2. The number of hydrogen-bond donors (Lipinski definition) is 3. The molecule has 1 aliphatic rings. The van der Waals surface area contributed by atoms with E-state index in [4.69, 9.17) is 10.00 Å². The van der Waals surface area contributed by atoms with Crippen molar-refractivity contribution in [1.29, 1.82) is 5.26 Å². The van der Waals surface area contributed by atoms with Gasteiger partial charge in [0.25, 0.3) is 0 Å². The highest BCUT2D eigenvalue weighted by atomic mass is 32.2. The van der Waals surface area contributed by atoms with Gasteiger partial charge in [-0.3, -0.25) is 4.98 Å². The molecule has 8 heteroatoms. The summed E-state index contributed by atoms with van der Waals surface area (Å²) in [6, 6.07) is 8.77. The van der Waals surface area contributed by atoms with Crippen molar-refractivity contribution in [1.82, 2.24) is 9.97 Å². The van der Waals surface area contributed by atoms with Crippen LogP contribution in [0.1, 0.15) is 5.69 Å². The fourth-order valence-electron chi connectivity index (χ4n) is 2.25. The predicted molar refractivity (Wildman–Crippen MR) is 87.1 cm³/mol. The maximum Gasteiger partial charge on any atom is 0.173 e. The number of aliphatic hydroxyl groups is 3. The zero-order chi connectivity index (χ0) is 17.1. The van der Waals surface area contributed by atoms with Crippen LogP contribution in [0.25, 0.3) is 11.3 Å². The highest BCUT2D eigenvalue weighted by Crippen LogP contribution is 2.29. The van der Waals surface area contributed by atoms with Crippen molar-refractivity contribution in [2.75, 3.05) is 5.75 Å². The molecule has 3 N–H and O–H groups in total. The first kappa shape index (κ1) is 16.7. The monoisotopic (exact) mass is 345 g/mol. The van der Waals surface area contributed by atoms with Gasteiger partial charge in [0.2, 0.25) is 0 Å². The second-order valence-corrected chi connectivity index (χ2v) is 6.42. The number of aliphatic hydroxyl groups excluding tert-OH is 3. The van der Waals surface area contributed by atoms with E-state index in [0.717, 1.165) is 5.56 Å². The van der Waals surface area contributed by atoms with Crippen molar-refractivity contribution >= 4 is 11.8 Å². The number of ether oxygens (including phenoxy) is 1. The summed E-state index contributed by atoms with van der Waals surface area (Å²) in [5, 5.41) is 37.9. The smallest absolute Gasteiger partial charge is 0.173 e. The highest BCUT2D eigenvalue weighted by molar-refractivity contribution is 7.99. The Labute approximate surface area is 142 Å². The molecule has 2 aromatic rings. The zero-order valence-corrected chi connectivity index (χ0v) is 13.3. The standard InChI is InChI=1S/C16H15N3O4S/c17-5-10-2-1-9(6-18-10)12-4-3-11(7-19-12)23-16-15(22)14(21)13(20)8-24-16/h1-4,6-7,13-16,20-22H,8H2/t13-,14+,15-,16-/m1/s1. The third kappa shape index (κ3) is 3.49. The summed E-state index contributed by atoms with van der Waals surface area (Å²) < 4.78 is 5.63. The number of rotatable bonds is 3. The SMILES string of the molecule is N#Cc1ccc(-c2ccc(O[C@@H]3SC[C@@H](O)[C@H](O)[C@H]3O)cn2)cn1. The molecule has 0 bridgehead atoms. The lowest BCUT2D eigenvalue weighted by atomic mass is 10.1. The Balaban J connectivity index is 1.69. The molecule has 1 aliphatic heterocycles. The van der Waals surface area contributed by atoms with Crippen LogP contribution < -0.4 is 4.74 Å². The van der Waals surface area contributed by atoms with Gasteiger partial charge in [-0.05, 0) is 24.3 Å². The van der Waals surface area contributed by atoms with Gasteiger partial charge >= 0.3 is 0 Å². The van der Waals surface area contributed by atoms with E-state index in [1.165, 1.54) is 18.0 Å². The molecular weight excluding hydrogens is 330 g/mol. The molecule has 124 valence electrons. The first-order valence-corrected chi connectivity index (χ1v) is 8.28. The fraction of sp³-hybridized carbons (Fsp3) is 0.312. The van der Waals surface area contributed by atoms with Gasteiger partial charge in [0.05, 0.1) is 18.0 Å². The summed E-state index contributed by atoms with van der Waals surface area (Å²) in [6.07, 6.45) is -0.290. The van der Waals surface area contributed by atoms with E-state index in [0.29, 0.717) is 17.1 Å². The number of pyridine rings is 2. The lowest BCUT2D eigenvalue weighted by molar-refractivity contribution is -0.0786. The van der Waals surface area contributed by atoms with Crippen molar-refractivity contribution < 1.29 is 20.1 Å². The third-order valence-electron chi connectivity index (χ3n) is 3.62. The number of hydrogen-bond acceptors (Lipinski definition) is 8. The Kier molecular flexibility index (Phi) is 4.97. The first-order valence-electron chi connectivity index (χ1n) is 7.23. The van der Waals surface area contributed by atoms with Gasteiger partial charge in [0.15, 0.2) is 5.44 Å². The molecule has 0 radical (unpaired) electrons. The maximum absolute atomic E-state index is 9.94. The van der Waals surface area contributed by atoms with Crippen LogP contribution in [0.3, 0.4) is 0 Å². The molecular formula is C16H15N3O4S. The molecule has 1 saturated heterocycles. The van der Waals surface area contributed by atoms with Gasteiger partial charge in [-0.15, -0.1) is 11.8 Å². The van der Waals surface area contributed by atoms with E-state index in [1.54, 1.807) is 30.5 Å². The van der Waals surface area contributed by atoms with Crippen LogP contribution in [0.15, 0.2) is 36.7 Å². The third-order valence-corrected chi connectivity index (χ3v) is 4.85. The minimum atomic E-state index is -1.23. The van der Waals surface area contributed by atoms with Crippen LogP contribution in [0.5, 0.6) is 5.75 Å². The molecule has 3 rings (SSSR count). The van der Waals surface area contributed by atoms with Crippen molar-refractivity contribution in [3.63, 3.8) is 0 Å². The second kappa shape index (κ2) is 7.15. The van der Waals surface area contributed by atoms with E-state index in [1.807, 2.05) is 6.07 Å². The van der Waals surface area contributed by atoms with Crippen LogP contribution in [0.4, 0.5) is 0 Å². The zero-order valence-electron chi connectivity index (χ0n) is 12.5. The predicted octanol–water partition coefficient (Wildman–Crippen LogP) is 0.550. The van der Waals surface area contributed by atoms with Gasteiger partial charge in [0, 0.05) is 17.5 Å². The van der Waals surface area contributed by atoms with Gasteiger partial charge in [-0.1, -0.05) is 0 Å². The Hall–Kier alpha value is -2.18. The average molecular weight is 345 g/mol. The van der Waals surface area contributed by atoms with E-state index < -0.39 is 23.7 Å². The van der Waals surface area contributed by atoms with E-state index in [-0.39, 0.29) is 5.75 Å². The molecule has 2 aromatic heterocycles. The lowest BCUT2D eigenvalue weighted by Crippen LogP contribution is -2.50. The molecule has 0 aromatic carbocycles. The van der Waals surface area contributed by atoms with Gasteiger partial charge < -0.3 is 20.1 Å². The Morgan fingerprint density at radius 2 is 1.92 bits per heavy atom. The van der Waals surface area contributed by atoms with E-state index >= 15 is 0 Å². The summed E-state index contributed by atoms with van der Waals surface area (Å²) >= 11 is 1.23. The highest BCUT2D eigenvalue weighted by Gasteiger charge is 2.38. The summed E-state index contributed by atoms with van der Waals surface area (Å²) in [6.45, 7) is 0. The summed E-state index contributed by atoms with van der Waals surface area (Å²) in [5.74, 6) is 0.728. The number of nitrogens with zero attached hydrogens (tertiary/aromatic N) is 3. The second-order valence-electron chi connectivity index (χ2n) is 5.29. The molecule has 0 spiro atoms. The van der Waals surface area contributed by atoms with Gasteiger partial charge in [-0.2, -0.15) is 5.26 Å². The molecule has 0 amide bonds. The number of nitriles is 1.